The van der Waals surface area contributed by atoms with Crippen LogP contribution in [0.4, 0.5) is 0 Å². The summed E-state index contributed by atoms with van der Waals surface area (Å²) in [5, 5.41) is 0.635. The number of rotatable bonds is 14. The number of hydrogen-bond acceptors (Lipinski definition) is 4. The highest BCUT2D eigenvalue weighted by molar-refractivity contribution is 6.32. The molecule has 2 unspecified atom stereocenters. The minimum Gasteiger partial charge on any atom is -0.484 e. The Morgan fingerprint density at radius 3 is 2.51 bits per heavy atom. The Morgan fingerprint density at radius 1 is 0.867 bits per heavy atom. The van der Waals surface area contributed by atoms with Gasteiger partial charge in [0.05, 0.1) is 16.1 Å². The number of nitrogens with zero attached hydrogens (tertiary/aromatic N) is 4. The quantitative estimate of drug-likeness (QED) is 0.140. The minimum absolute atomic E-state index is 0.413. The molecule has 0 spiro atoms. The van der Waals surface area contributed by atoms with Gasteiger partial charge in [0, 0.05) is 19.6 Å². The Labute approximate surface area is 275 Å². The number of aryl methyl sites for hydroxylation is 2. The Hall–Kier alpha value is -2.86. The van der Waals surface area contributed by atoms with Crippen LogP contribution < -0.4 is 4.74 Å². The van der Waals surface area contributed by atoms with Gasteiger partial charge in [0.25, 0.3) is 0 Å². The number of likely N-dealkylation sites (tertiary alicyclic amines) is 2. The molecule has 1 aromatic heterocycles. The van der Waals surface area contributed by atoms with Crippen LogP contribution in [0.3, 0.4) is 0 Å². The summed E-state index contributed by atoms with van der Waals surface area (Å²) < 4.78 is 8.53. The molecule has 0 saturated carbocycles. The molecular formula is C39H51ClN4O. The zero-order chi connectivity index (χ0) is 30.8. The minimum atomic E-state index is 0.413. The van der Waals surface area contributed by atoms with Crippen LogP contribution in [0.25, 0.3) is 11.0 Å². The van der Waals surface area contributed by atoms with Gasteiger partial charge >= 0.3 is 0 Å². The third kappa shape index (κ3) is 8.90. The summed E-state index contributed by atoms with van der Waals surface area (Å²) in [6.07, 6.45) is 11.7. The van der Waals surface area contributed by atoms with Crippen LogP contribution in [0.1, 0.15) is 68.3 Å². The molecule has 2 atom stereocenters. The topological polar surface area (TPSA) is 33.5 Å². The first-order valence-corrected chi connectivity index (χ1v) is 17.8. The lowest BCUT2D eigenvalue weighted by atomic mass is 9.91. The lowest BCUT2D eigenvalue weighted by Gasteiger charge is -2.35. The van der Waals surface area contributed by atoms with Gasteiger partial charge in [0.2, 0.25) is 0 Å². The van der Waals surface area contributed by atoms with Gasteiger partial charge < -0.3 is 19.1 Å². The van der Waals surface area contributed by atoms with Crippen molar-refractivity contribution in [3.05, 3.63) is 94.8 Å². The monoisotopic (exact) mass is 626 g/mol. The fourth-order valence-corrected chi connectivity index (χ4v) is 7.79. The van der Waals surface area contributed by atoms with Crippen molar-refractivity contribution >= 4 is 22.6 Å². The van der Waals surface area contributed by atoms with Crippen LogP contribution in [-0.2, 0) is 19.6 Å². The lowest BCUT2D eigenvalue weighted by molar-refractivity contribution is 0.141. The lowest BCUT2D eigenvalue weighted by Crippen LogP contribution is -2.39. The fourth-order valence-electron chi connectivity index (χ4n) is 7.60. The Bertz CT molecular complexity index is 1480. The van der Waals surface area contributed by atoms with Crippen molar-refractivity contribution < 1.29 is 4.74 Å². The zero-order valence-electron chi connectivity index (χ0n) is 27.2. The molecule has 0 radical (unpaired) electrons. The Balaban J connectivity index is 1.03. The van der Waals surface area contributed by atoms with Gasteiger partial charge in [-0.05, 0) is 126 Å². The van der Waals surface area contributed by atoms with E-state index in [2.05, 4.69) is 69.8 Å². The zero-order valence-corrected chi connectivity index (χ0v) is 27.9. The maximum Gasteiger partial charge on any atom is 0.148 e. The molecule has 0 bridgehead atoms. The average molecular weight is 627 g/mol. The molecule has 6 heteroatoms. The van der Waals surface area contributed by atoms with Crippen LogP contribution in [0.15, 0.2) is 72.8 Å². The summed E-state index contributed by atoms with van der Waals surface area (Å²) in [5.74, 6) is 3.18. The summed E-state index contributed by atoms with van der Waals surface area (Å²) in [4.78, 5) is 10.6. The number of aromatic nitrogens is 2. The predicted molar refractivity (Wildman–Crippen MR) is 187 cm³/mol. The molecule has 45 heavy (non-hydrogen) atoms. The van der Waals surface area contributed by atoms with E-state index in [1.165, 1.54) is 107 Å². The summed E-state index contributed by atoms with van der Waals surface area (Å²) in [5.41, 5.74) is 4.99. The largest absolute Gasteiger partial charge is 0.484 e. The highest BCUT2D eigenvalue weighted by Crippen LogP contribution is 2.28. The molecule has 0 amide bonds. The summed E-state index contributed by atoms with van der Waals surface area (Å²) in [6.45, 7) is 11.1. The maximum absolute atomic E-state index is 6.38. The highest BCUT2D eigenvalue weighted by Gasteiger charge is 2.23. The van der Waals surface area contributed by atoms with Crippen molar-refractivity contribution in [2.45, 2.75) is 77.9 Å². The van der Waals surface area contributed by atoms with Gasteiger partial charge in [-0.25, -0.2) is 4.98 Å². The number of piperidine rings is 2. The van der Waals surface area contributed by atoms with Crippen molar-refractivity contribution in [1.82, 2.24) is 19.4 Å². The second-order valence-corrected chi connectivity index (χ2v) is 13.9. The molecule has 3 heterocycles. The smallest absolute Gasteiger partial charge is 0.148 e. The first-order valence-electron chi connectivity index (χ1n) is 17.4. The maximum atomic E-state index is 6.38. The van der Waals surface area contributed by atoms with Crippen LogP contribution >= 0.6 is 11.6 Å². The van der Waals surface area contributed by atoms with Crippen LogP contribution in [-0.4, -0.2) is 58.6 Å². The molecule has 3 aromatic carbocycles. The van der Waals surface area contributed by atoms with Gasteiger partial charge in [-0.3, -0.25) is 0 Å². The second kappa shape index (κ2) is 16.1. The SMILES string of the molecule is Cc1cccc2c1nc(COc1ccccc1Cl)n2CCCC1CCCN(CCC(Cc2ccccc2)CN2CCCCC2)C1. The summed E-state index contributed by atoms with van der Waals surface area (Å²) >= 11 is 6.38. The van der Waals surface area contributed by atoms with Crippen molar-refractivity contribution in [1.29, 1.82) is 0 Å². The van der Waals surface area contributed by atoms with Gasteiger partial charge in [-0.2, -0.15) is 0 Å². The molecule has 2 aliphatic heterocycles. The first kappa shape index (κ1) is 32.1. The van der Waals surface area contributed by atoms with E-state index in [0.717, 1.165) is 36.1 Å². The van der Waals surface area contributed by atoms with Crippen LogP contribution in [0.5, 0.6) is 5.75 Å². The standard InChI is InChI=1S/C39H51ClN4O/c1-31-13-10-19-36-39(31)41-38(30-45-37-20-7-6-18-35(37)40)44(36)25-12-17-33-16-11-24-43(28-33)26-21-34(27-32-14-4-2-5-15-32)29-42-22-8-3-9-23-42/h2,4-7,10,13-15,18-20,33-34H,3,8-9,11-12,16-17,21-30H2,1H3. The number of fused-ring (bicyclic) bond motifs is 1. The molecule has 2 saturated heterocycles. The molecule has 2 aliphatic rings. The molecule has 2 fully saturated rings. The first-order chi connectivity index (χ1) is 22.1. The van der Waals surface area contributed by atoms with Gasteiger partial charge in [-0.15, -0.1) is 0 Å². The van der Waals surface area contributed by atoms with E-state index < -0.39 is 0 Å². The molecule has 240 valence electrons. The highest BCUT2D eigenvalue weighted by atomic mass is 35.5. The summed E-state index contributed by atoms with van der Waals surface area (Å²) in [6, 6.07) is 25.3. The molecule has 5 nitrogen and oxygen atoms in total. The molecule has 0 aliphatic carbocycles. The molecule has 4 aromatic rings. The number of ether oxygens (including phenoxy) is 1. The fraction of sp³-hybridized carbons (Fsp3) is 0.513. The van der Waals surface area contributed by atoms with Gasteiger partial charge in [0.15, 0.2) is 0 Å². The van der Waals surface area contributed by atoms with Crippen LogP contribution in [0, 0.1) is 18.8 Å². The van der Waals surface area contributed by atoms with E-state index in [4.69, 9.17) is 21.3 Å². The normalized spacial score (nSPS) is 18.8. The number of imidazole rings is 1. The number of benzene rings is 3. The van der Waals surface area contributed by atoms with E-state index >= 15 is 0 Å². The molecule has 0 N–H and O–H groups in total. The number of hydrogen-bond donors (Lipinski definition) is 0. The third-order valence-corrected chi connectivity index (χ3v) is 10.3. The van der Waals surface area contributed by atoms with Crippen LogP contribution in [0.2, 0.25) is 5.02 Å². The predicted octanol–water partition coefficient (Wildman–Crippen LogP) is 8.80. The molecular weight excluding hydrogens is 576 g/mol. The average Bonchev–Trinajstić information content (AvgIpc) is 3.43. The van der Waals surface area contributed by atoms with Gasteiger partial charge in [0.1, 0.15) is 18.2 Å². The van der Waals surface area contributed by atoms with E-state index in [1.807, 2.05) is 24.3 Å². The van der Waals surface area contributed by atoms with E-state index in [-0.39, 0.29) is 0 Å². The Kier molecular flexibility index (Phi) is 11.5. The van der Waals surface area contributed by atoms with Crippen molar-refractivity contribution in [3.8, 4) is 5.75 Å². The second-order valence-electron chi connectivity index (χ2n) is 13.5. The van der Waals surface area contributed by atoms with E-state index in [0.29, 0.717) is 17.4 Å². The van der Waals surface area contributed by atoms with Crippen molar-refractivity contribution in [3.63, 3.8) is 0 Å². The summed E-state index contributed by atoms with van der Waals surface area (Å²) in [7, 11) is 0. The third-order valence-electron chi connectivity index (χ3n) is 10.0. The van der Waals surface area contributed by atoms with E-state index in [1.54, 1.807) is 0 Å². The van der Waals surface area contributed by atoms with Crippen molar-refractivity contribution in [2.75, 3.05) is 39.3 Å². The van der Waals surface area contributed by atoms with Crippen molar-refractivity contribution in [2.24, 2.45) is 11.8 Å². The Morgan fingerprint density at radius 2 is 1.67 bits per heavy atom. The number of halogens is 1. The molecule has 6 rings (SSSR count). The van der Waals surface area contributed by atoms with Gasteiger partial charge in [-0.1, -0.05) is 72.6 Å². The van der Waals surface area contributed by atoms with E-state index in [9.17, 15) is 0 Å². The number of para-hydroxylation sites is 2.